The monoisotopic (exact) mass is 330 g/mol. The van der Waals surface area contributed by atoms with Crippen LogP contribution in [0.5, 0.6) is 0 Å². The van der Waals surface area contributed by atoms with E-state index in [1.165, 1.54) is 4.90 Å². The van der Waals surface area contributed by atoms with Gasteiger partial charge in [-0.25, -0.2) is 0 Å². The summed E-state index contributed by atoms with van der Waals surface area (Å²) in [5.74, 6) is -2.15. The highest BCUT2D eigenvalue weighted by Crippen LogP contribution is 2.35. The summed E-state index contributed by atoms with van der Waals surface area (Å²) in [5.41, 5.74) is 0. The Bertz CT molecular complexity index is 526. The van der Waals surface area contributed by atoms with Crippen molar-refractivity contribution in [2.45, 2.75) is 24.9 Å². The highest BCUT2D eigenvalue weighted by atomic mass is 16.6. The van der Waals surface area contributed by atoms with Gasteiger partial charge in [0.2, 0.25) is 23.9 Å². The van der Waals surface area contributed by atoms with Gasteiger partial charge in [-0.3, -0.25) is 29.8 Å². The van der Waals surface area contributed by atoms with E-state index in [-0.39, 0.29) is 39.1 Å². The number of nitro groups is 2. The lowest BCUT2D eigenvalue weighted by molar-refractivity contribution is -0.497. The first-order valence-corrected chi connectivity index (χ1v) is 7.31. The summed E-state index contributed by atoms with van der Waals surface area (Å²) in [7, 11) is 0. The van der Waals surface area contributed by atoms with Gasteiger partial charge in [-0.2, -0.15) is 0 Å². The highest BCUT2D eigenvalue weighted by molar-refractivity contribution is 5.83. The normalized spacial score (nSPS) is 27.9. The number of hydrogen-bond donors (Lipinski definition) is 2. The number of aliphatic hydroxyl groups excluding tert-OH is 1. The van der Waals surface area contributed by atoms with E-state index >= 15 is 0 Å². The van der Waals surface area contributed by atoms with Crippen LogP contribution in [0.3, 0.4) is 0 Å². The molecule has 0 bridgehead atoms. The zero-order valence-corrected chi connectivity index (χ0v) is 12.3. The molecule has 0 spiro atoms. The van der Waals surface area contributed by atoms with Gasteiger partial charge < -0.3 is 15.3 Å². The lowest BCUT2D eigenvalue weighted by Crippen LogP contribution is -2.42. The number of aliphatic hydroxyl groups is 1. The van der Waals surface area contributed by atoms with Crippen LogP contribution in [0.1, 0.15) is 12.8 Å². The highest BCUT2D eigenvalue weighted by Gasteiger charge is 2.55. The summed E-state index contributed by atoms with van der Waals surface area (Å²) in [4.78, 5) is 45.1. The van der Waals surface area contributed by atoms with Gasteiger partial charge in [0.1, 0.15) is 11.8 Å². The Morgan fingerprint density at radius 2 is 1.65 bits per heavy atom. The van der Waals surface area contributed by atoms with Crippen LogP contribution >= 0.6 is 0 Å². The molecular weight excluding hydrogens is 312 g/mol. The molecule has 11 heteroatoms. The fourth-order valence-electron chi connectivity index (χ4n) is 2.51. The first kappa shape index (κ1) is 17.1. The molecule has 0 aliphatic heterocycles. The lowest BCUT2D eigenvalue weighted by Gasteiger charge is -2.21. The Morgan fingerprint density at radius 1 is 1.09 bits per heavy atom. The third-order valence-corrected chi connectivity index (χ3v) is 4.07. The summed E-state index contributed by atoms with van der Waals surface area (Å²) in [6.07, 6.45) is 0.400. The Morgan fingerprint density at radius 3 is 2.13 bits per heavy atom. The van der Waals surface area contributed by atoms with Gasteiger partial charge in [0, 0.05) is 42.3 Å². The van der Waals surface area contributed by atoms with E-state index in [1.54, 1.807) is 0 Å². The third-order valence-electron chi connectivity index (χ3n) is 4.07. The number of carbonyl (C=O) groups excluding carboxylic acids is 2. The maximum absolute atomic E-state index is 12.1. The second kappa shape index (κ2) is 6.86. The first-order valence-electron chi connectivity index (χ1n) is 7.31. The van der Waals surface area contributed by atoms with E-state index < -0.39 is 45.6 Å². The molecule has 2 aliphatic carbocycles. The molecule has 11 nitrogen and oxygen atoms in total. The van der Waals surface area contributed by atoms with Crippen LogP contribution in [0.25, 0.3) is 0 Å². The van der Waals surface area contributed by atoms with Gasteiger partial charge in [-0.05, 0) is 0 Å². The average Bonchev–Trinajstić information content (AvgIpc) is 3.37. The van der Waals surface area contributed by atoms with Gasteiger partial charge in [0.05, 0.1) is 6.61 Å². The fraction of sp³-hybridized carbons (Fsp3) is 0.833. The number of rotatable bonds is 9. The zero-order chi connectivity index (χ0) is 17.1. The maximum Gasteiger partial charge on any atom is 0.233 e. The summed E-state index contributed by atoms with van der Waals surface area (Å²) in [5, 5.41) is 32.6. The van der Waals surface area contributed by atoms with Gasteiger partial charge in [-0.1, -0.05) is 0 Å². The van der Waals surface area contributed by atoms with Crippen LogP contribution in [-0.4, -0.2) is 70.0 Å². The molecule has 0 unspecified atom stereocenters. The molecule has 2 aliphatic rings. The molecule has 0 saturated heterocycles. The number of nitrogens with zero attached hydrogens (tertiary/aromatic N) is 3. The van der Waals surface area contributed by atoms with Crippen molar-refractivity contribution in [1.82, 2.24) is 10.2 Å². The van der Waals surface area contributed by atoms with Crippen LogP contribution in [0, 0.1) is 32.1 Å². The van der Waals surface area contributed by atoms with Crippen molar-refractivity contribution in [3.8, 4) is 0 Å². The molecule has 0 aromatic heterocycles. The molecule has 0 aromatic carbocycles. The molecule has 2 N–H and O–H groups in total. The third kappa shape index (κ3) is 4.12. The number of amides is 2. The largest absolute Gasteiger partial charge is 0.395 e. The SMILES string of the molecule is O=C(NCCN(CCO)C(=O)[C@@H]1C[C@@H]1[N+](=O)[O-])[C@H]1C[C@@H]1[N+](=O)[O-]. The van der Waals surface area contributed by atoms with Crippen LogP contribution in [-0.2, 0) is 9.59 Å². The number of nitrogens with one attached hydrogen (secondary N) is 1. The Balaban J connectivity index is 1.75. The minimum Gasteiger partial charge on any atom is -0.395 e. The molecule has 2 fully saturated rings. The van der Waals surface area contributed by atoms with E-state index in [2.05, 4.69) is 5.32 Å². The smallest absolute Gasteiger partial charge is 0.233 e. The number of carbonyl (C=O) groups is 2. The molecule has 23 heavy (non-hydrogen) atoms. The molecular formula is C12H18N4O7. The zero-order valence-electron chi connectivity index (χ0n) is 12.3. The number of hydrogen-bond acceptors (Lipinski definition) is 7. The molecule has 0 aromatic rings. The molecule has 128 valence electrons. The Hall–Kier alpha value is -2.30. The Labute approximate surface area is 130 Å². The minimum absolute atomic E-state index is 0.0244. The van der Waals surface area contributed by atoms with Gasteiger partial charge in [-0.15, -0.1) is 0 Å². The van der Waals surface area contributed by atoms with Gasteiger partial charge >= 0.3 is 0 Å². The van der Waals surface area contributed by atoms with E-state index in [1.807, 2.05) is 0 Å². The van der Waals surface area contributed by atoms with E-state index in [0.29, 0.717) is 0 Å². The van der Waals surface area contributed by atoms with Crippen molar-refractivity contribution in [3.05, 3.63) is 20.2 Å². The minimum atomic E-state index is -0.870. The lowest BCUT2D eigenvalue weighted by atomic mass is 10.3. The van der Waals surface area contributed by atoms with E-state index in [0.717, 1.165) is 0 Å². The standard InChI is InChI=1S/C12H18N4O7/c17-4-3-14(12(19)8-6-10(8)16(22)23)2-1-13-11(18)7-5-9(7)15(20)21/h7-10,17H,1-6H2,(H,13,18)/t7-,8+,9-,10-/m0/s1. The summed E-state index contributed by atoms with van der Waals surface area (Å²) >= 11 is 0. The second-order valence-corrected chi connectivity index (χ2v) is 5.73. The average molecular weight is 330 g/mol. The summed E-state index contributed by atoms with van der Waals surface area (Å²) < 4.78 is 0. The van der Waals surface area contributed by atoms with Crippen LogP contribution < -0.4 is 5.32 Å². The molecule has 0 radical (unpaired) electrons. The molecule has 2 saturated carbocycles. The van der Waals surface area contributed by atoms with Crippen molar-refractivity contribution in [3.63, 3.8) is 0 Å². The van der Waals surface area contributed by atoms with Crippen LogP contribution in [0.4, 0.5) is 0 Å². The molecule has 2 rings (SSSR count). The maximum atomic E-state index is 12.1. The van der Waals surface area contributed by atoms with Crippen LogP contribution in [0.15, 0.2) is 0 Å². The van der Waals surface area contributed by atoms with Crippen molar-refractivity contribution < 1.29 is 24.5 Å². The quantitative estimate of drug-likeness (QED) is 0.375. The predicted octanol–water partition coefficient (Wildman–Crippen LogP) is -1.75. The topological polar surface area (TPSA) is 156 Å². The van der Waals surface area contributed by atoms with E-state index in [9.17, 15) is 29.8 Å². The molecule has 2 amide bonds. The predicted molar refractivity (Wildman–Crippen MR) is 74.5 cm³/mol. The van der Waals surface area contributed by atoms with Crippen molar-refractivity contribution in [1.29, 1.82) is 0 Å². The van der Waals surface area contributed by atoms with Crippen molar-refractivity contribution >= 4 is 11.8 Å². The Kier molecular flexibility index (Phi) is 5.08. The van der Waals surface area contributed by atoms with Crippen molar-refractivity contribution in [2.75, 3.05) is 26.2 Å². The van der Waals surface area contributed by atoms with Crippen LogP contribution in [0.2, 0.25) is 0 Å². The molecule has 4 atom stereocenters. The fourth-order valence-corrected chi connectivity index (χ4v) is 2.51. The summed E-state index contributed by atoms with van der Waals surface area (Å²) in [6.45, 7) is -0.0819. The van der Waals surface area contributed by atoms with Gasteiger partial charge in [0.15, 0.2) is 0 Å². The molecule has 0 heterocycles. The summed E-state index contributed by atoms with van der Waals surface area (Å²) in [6, 6.07) is -1.71. The van der Waals surface area contributed by atoms with E-state index in [4.69, 9.17) is 5.11 Å². The van der Waals surface area contributed by atoms with Crippen molar-refractivity contribution in [2.24, 2.45) is 11.8 Å². The first-order chi connectivity index (χ1) is 10.9. The van der Waals surface area contributed by atoms with Gasteiger partial charge in [0.25, 0.3) is 0 Å². The second-order valence-electron chi connectivity index (χ2n) is 5.73.